The predicted molar refractivity (Wildman–Crippen MR) is 416 cm³/mol. The molecule has 0 N–H and O–H groups in total. The van der Waals surface area contributed by atoms with E-state index in [-0.39, 0.29) is 38.6 Å². The first-order valence-corrected chi connectivity index (χ1v) is 37.5. The van der Waals surface area contributed by atoms with Gasteiger partial charge in [0.05, 0.1) is 40.3 Å². The van der Waals surface area contributed by atoms with Gasteiger partial charge in [0.1, 0.15) is 13.2 Å². The van der Waals surface area contributed by atoms with Crippen LogP contribution in [0, 0.1) is 0 Å². The summed E-state index contributed by atoms with van der Waals surface area (Å²) in [5.41, 5.74) is 0. The lowest BCUT2D eigenvalue weighted by molar-refractivity contribution is -0.870. The van der Waals surface area contributed by atoms with Crippen LogP contribution in [0.3, 0.4) is 0 Å². The smallest absolute Gasteiger partial charge is 0.306 e. The van der Waals surface area contributed by atoms with Crippen molar-refractivity contribution < 1.29 is 42.9 Å². The zero-order valence-corrected chi connectivity index (χ0v) is 61.6. The molecular formula is C88H135NO8. The predicted octanol–water partition coefficient (Wildman–Crippen LogP) is 22.9. The maximum absolute atomic E-state index is 13.0. The zero-order valence-electron chi connectivity index (χ0n) is 61.6. The number of aliphatic carboxylic acids is 1. The van der Waals surface area contributed by atoms with Crippen LogP contribution >= 0.6 is 0 Å². The molecule has 0 aliphatic carbocycles. The van der Waals surface area contributed by atoms with E-state index in [0.29, 0.717) is 23.9 Å². The summed E-state index contributed by atoms with van der Waals surface area (Å²) in [5, 5.41) is 11.8. The first kappa shape index (κ1) is 90.4. The van der Waals surface area contributed by atoms with Gasteiger partial charge in [-0.3, -0.25) is 9.59 Å². The normalized spacial score (nSPS) is 14.0. The molecule has 0 rings (SSSR count). The molecule has 0 saturated carbocycles. The third-order valence-corrected chi connectivity index (χ3v) is 14.9. The molecule has 0 bridgehead atoms. The van der Waals surface area contributed by atoms with Crippen LogP contribution in [0.15, 0.2) is 231 Å². The van der Waals surface area contributed by atoms with Crippen LogP contribution in [0.1, 0.15) is 245 Å². The minimum absolute atomic E-state index is 0.130. The van der Waals surface area contributed by atoms with Gasteiger partial charge in [-0.1, -0.05) is 303 Å². The average molecular weight is 1340 g/mol. The van der Waals surface area contributed by atoms with Gasteiger partial charge in [0, 0.05) is 12.8 Å². The van der Waals surface area contributed by atoms with E-state index >= 15 is 0 Å². The molecule has 9 heteroatoms. The molecule has 2 unspecified atom stereocenters. The Bertz CT molecular complexity index is 2450. The number of unbranched alkanes of at least 4 members (excludes halogenated alkanes) is 13. The van der Waals surface area contributed by atoms with Crippen LogP contribution in [0.25, 0.3) is 0 Å². The highest BCUT2D eigenvalue weighted by Gasteiger charge is 2.22. The van der Waals surface area contributed by atoms with Gasteiger partial charge in [-0.15, -0.1) is 0 Å². The highest BCUT2D eigenvalue weighted by molar-refractivity contribution is 5.70. The van der Waals surface area contributed by atoms with Gasteiger partial charge < -0.3 is 33.3 Å². The third-order valence-electron chi connectivity index (χ3n) is 14.9. The first-order valence-electron chi connectivity index (χ1n) is 37.5. The zero-order chi connectivity index (χ0) is 70.4. The molecule has 0 aromatic carbocycles. The van der Waals surface area contributed by atoms with Crippen LogP contribution in [-0.4, -0.2) is 82.3 Å². The van der Waals surface area contributed by atoms with E-state index in [0.717, 1.165) is 193 Å². The number of allylic oxidation sites excluding steroid dienone is 38. The molecule has 0 saturated heterocycles. The van der Waals surface area contributed by atoms with Gasteiger partial charge in [0.2, 0.25) is 0 Å². The Morgan fingerprint density at radius 1 is 0.309 bits per heavy atom. The lowest BCUT2D eigenvalue weighted by atomic mass is 10.1. The summed E-state index contributed by atoms with van der Waals surface area (Å²) < 4.78 is 22.8. The summed E-state index contributed by atoms with van der Waals surface area (Å²) in [6, 6.07) is 0. The van der Waals surface area contributed by atoms with Gasteiger partial charge in [-0.25, -0.2) is 0 Å². The van der Waals surface area contributed by atoms with Gasteiger partial charge in [-0.2, -0.15) is 0 Å². The number of carbonyl (C=O) groups is 3. The van der Waals surface area contributed by atoms with E-state index in [2.05, 4.69) is 245 Å². The van der Waals surface area contributed by atoms with E-state index in [1.165, 1.54) is 12.8 Å². The van der Waals surface area contributed by atoms with Crippen molar-refractivity contribution in [3.05, 3.63) is 231 Å². The summed E-state index contributed by atoms with van der Waals surface area (Å²) >= 11 is 0. The molecule has 0 radical (unpaired) electrons. The highest BCUT2D eigenvalue weighted by atomic mass is 16.7. The maximum atomic E-state index is 13.0. The SMILES string of the molecule is CC/C=C\C/C=C\C/C=C\C/C=C\C/C=C\C/C=C\C/C=C\C/C=C\C/C=C\C/C=C\C/C=C\CCCCCCCCCC(=O)OC(COC(=O)CCCCCCCC/C=C\C/C=C\C/C=C\C/C=C\C/C=C\C/C=C\C/C=C\C/C=C\CC)COC(OCC[N+](C)(C)C)C(=O)[O-]. The number of carboxylic acids is 1. The fourth-order valence-corrected chi connectivity index (χ4v) is 9.26. The van der Waals surface area contributed by atoms with E-state index < -0.39 is 24.3 Å². The second-order valence-corrected chi connectivity index (χ2v) is 25.1. The summed E-state index contributed by atoms with van der Waals surface area (Å²) in [5.74, 6) is -2.34. The fourth-order valence-electron chi connectivity index (χ4n) is 9.26. The van der Waals surface area contributed by atoms with Crippen LogP contribution < -0.4 is 5.11 Å². The van der Waals surface area contributed by atoms with Crippen molar-refractivity contribution in [2.24, 2.45) is 0 Å². The summed E-state index contributed by atoms with van der Waals surface area (Å²) in [6.45, 7) is 4.46. The molecule has 9 nitrogen and oxygen atoms in total. The Morgan fingerprint density at radius 3 is 0.825 bits per heavy atom. The molecule has 0 aromatic heterocycles. The monoisotopic (exact) mass is 1330 g/mol. The average Bonchev–Trinajstić information content (AvgIpc) is 3.27. The molecule has 0 aliphatic heterocycles. The van der Waals surface area contributed by atoms with Crippen molar-refractivity contribution in [2.45, 2.75) is 257 Å². The summed E-state index contributed by atoms with van der Waals surface area (Å²) in [4.78, 5) is 37.6. The first-order chi connectivity index (χ1) is 47.6. The molecule has 97 heavy (non-hydrogen) atoms. The number of quaternary nitrogens is 1. The summed E-state index contributed by atoms with van der Waals surface area (Å²) in [7, 11) is 5.90. The Labute approximate surface area is 593 Å². The van der Waals surface area contributed by atoms with E-state index in [9.17, 15) is 19.5 Å². The van der Waals surface area contributed by atoms with Crippen molar-refractivity contribution in [1.29, 1.82) is 0 Å². The van der Waals surface area contributed by atoms with E-state index in [1.807, 2.05) is 21.1 Å². The fraction of sp³-hybridized carbons (Fsp3) is 0.534. The third kappa shape index (κ3) is 76.6. The number of hydrogen-bond donors (Lipinski definition) is 0. The molecule has 0 amide bonds. The number of esters is 2. The van der Waals surface area contributed by atoms with Gasteiger partial charge in [0.25, 0.3) is 0 Å². The Kier molecular flexibility index (Phi) is 70.0. The molecule has 0 fully saturated rings. The highest BCUT2D eigenvalue weighted by Crippen LogP contribution is 2.14. The molecule has 0 aliphatic rings. The second-order valence-electron chi connectivity index (χ2n) is 25.1. The Balaban J connectivity index is 4.25. The molecular weight excluding hydrogens is 1200 g/mol. The number of nitrogens with zero attached hydrogens (tertiary/aromatic N) is 1. The van der Waals surface area contributed by atoms with Crippen molar-refractivity contribution in [1.82, 2.24) is 0 Å². The van der Waals surface area contributed by atoms with Crippen LogP contribution in [-0.2, 0) is 33.3 Å². The van der Waals surface area contributed by atoms with Crippen LogP contribution in [0.5, 0.6) is 0 Å². The Morgan fingerprint density at radius 2 is 0.557 bits per heavy atom. The maximum Gasteiger partial charge on any atom is 0.306 e. The number of carbonyl (C=O) groups excluding carboxylic acids is 3. The van der Waals surface area contributed by atoms with E-state index in [4.69, 9.17) is 18.9 Å². The van der Waals surface area contributed by atoms with Crippen molar-refractivity contribution >= 4 is 17.9 Å². The van der Waals surface area contributed by atoms with Crippen molar-refractivity contribution in [3.8, 4) is 0 Å². The lowest BCUT2D eigenvalue weighted by Gasteiger charge is -2.26. The minimum atomic E-state index is -1.65. The van der Waals surface area contributed by atoms with Crippen LogP contribution in [0.2, 0.25) is 0 Å². The lowest BCUT2D eigenvalue weighted by Crippen LogP contribution is -2.44. The second kappa shape index (κ2) is 75.1. The standard InChI is InChI=1S/C88H135NO8/c1-6-8-10-12-14-16-18-20-22-24-26-28-30-32-34-36-38-39-40-41-42-43-44-45-46-47-49-51-53-55-57-59-61-63-65-67-69-71-73-75-77-79-86(91)97-84(83-96-88(87(92)93)94-81-80-89(3,4)5)82-95-85(90)78-76-74-72-70-68-66-64-62-60-58-56-54-52-50-48-37-35-33-31-29-27-25-23-21-19-17-15-13-11-9-7-2/h8-11,14-17,20-23,26-29,32-35,38-39,41-42,44-45,47-50,53-56,59-62,84,88H,6-7,12-13,18-19,24-25,30-31,36-37,40,43,46,51-52,57-58,63-83H2,1-5H3/b10-8-,11-9-,16-14-,17-15-,22-20-,23-21-,28-26-,29-27-,34-32-,35-33-,39-38-,42-41-,45-44-,49-47-,50-48-,55-53-,56-54-,61-59-,62-60-. The van der Waals surface area contributed by atoms with E-state index in [1.54, 1.807) is 0 Å². The molecule has 0 spiro atoms. The number of ether oxygens (including phenoxy) is 4. The molecule has 0 heterocycles. The largest absolute Gasteiger partial charge is 0.545 e. The topological polar surface area (TPSA) is 111 Å². The van der Waals surface area contributed by atoms with Gasteiger partial charge >= 0.3 is 11.9 Å². The van der Waals surface area contributed by atoms with Crippen LogP contribution in [0.4, 0.5) is 0 Å². The van der Waals surface area contributed by atoms with Gasteiger partial charge in [-0.05, 0) is 161 Å². The van der Waals surface area contributed by atoms with Gasteiger partial charge in [0.15, 0.2) is 12.4 Å². The number of likely N-dealkylation sites (N-methyl/N-ethyl adjacent to an activating group) is 1. The molecule has 2 atom stereocenters. The summed E-state index contributed by atoms with van der Waals surface area (Å²) in [6.07, 6.45) is 117. The number of carboxylic acid groups (broad SMARTS) is 1. The molecule has 0 aromatic rings. The Hall–Kier alpha value is -6.65. The quantitative estimate of drug-likeness (QED) is 0.0195. The molecule has 540 valence electrons. The van der Waals surface area contributed by atoms with Crippen molar-refractivity contribution in [3.63, 3.8) is 0 Å². The minimum Gasteiger partial charge on any atom is -0.545 e. The number of rotatable bonds is 66. The number of hydrogen-bond acceptors (Lipinski definition) is 8. The van der Waals surface area contributed by atoms with Crippen molar-refractivity contribution in [2.75, 3.05) is 47.5 Å².